The van der Waals surface area contributed by atoms with Gasteiger partial charge in [-0.1, -0.05) is 13.8 Å². The van der Waals surface area contributed by atoms with Crippen molar-refractivity contribution in [1.29, 1.82) is 0 Å². The van der Waals surface area contributed by atoms with Gasteiger partial charge >= 0.3 is 0 Å². The van der Waals surface area contributed by atoms with Gasteiger partial charge in [-0.15, -0.1) is 36.2 Å². The normalized spacial score (nSPS) is 19.7. The van der Waals surface area contributed by atoms with Crippen LogP contribution in [-0.4, -0.2) is 68.8 Å². The summed E-state index contributed by atoms with van der Waals surface area (Å²) in [5, 5.41) is 6.27. The molecular formula is C16H30Cl2N4O2S. The molecule has 0 saturated carbocycles. The van der Waals surface area contributed by atoms with Crippen molar-refractivity contribution in [2.24, 2.45) is 11.8 Å². The SMILES string of the molecule is COCCN(C)CC(=O)N[C@H]1CN(c2nccs2)C[C@@H]1C(C)C.Cl.Cl. The van der Waals surface area contributed by atoms with E-state index in [1.165, 1.54) is 0 Å². The molecule has 1 N–H and O–H groups in total. The van der Waals surface area contributed by atoms with E-state index in [9.17, 15) is 4.79 Å². The van der Waals surface area contributed by atoms with Gasteiger partial charge in [0.2, 0.25) is 5.91 Å². The summed E-state index contributed by atoms with van der Waals surface area (Å²) in [6, 6.07) is 0.183. The van der Waals surface area contributed by atoms with Crippen LogP contribution in [0.5, 0.6) is 0 Å². The first-order chi connectivity index (χ1) is 11.0. The van der Waals surface area contributed by atoms with Gasteiger partial charge in [0.15, 0.2) is 5.13 Å². The first-order valence-electron chi connectivity index (χ1n) is 8.12. The topological polar surface area (TPSA) is 57.7 Å². The van der Waals surface area contributed by atoms with E-state index in [1.54, 1.807) is 18.4 Å². The van der Waals surface area contributed by atoms with Crippen molar-refractivity contribution in [2.75, 3.05) is 51.8 Å². The average Bonchev–Trinajstić information content (AvgIpc) is 3.13. The smallest absolute Gasteiger partial charge is 0.234 e. The second kappa shape index (κ2) is 11.9. The van der Waals surface area contributed by atoms with Crippen LogP contribution >= 0.6 is 36.2 Å². The molecule has 1 amide bonds. The van der Waals surface area contributed by atoms with Crippen molar-refractivity contribution in [3.63, 3.8) is 0 Å². The van der Waals surface area contributed by atoms with Crippen LogP contribution in [0.3, 0.4) is 0 Å². The minimum absolute atomic E-state index is 0. The number of hydrogen-bond donors (Lipinski definition) is 1. The number of rotatable bonds is 8. The van der Waals surface area contributed by atoms with Gasteiger partial charge in [-0.05, 0) is 13.0 Å². The van der Waals surface area contributed by atoms with Crippen molar-refractivity contribution >= 4 is 47.2 Å². The molecule has 1 fully saturated rings. The zero-order valence-corrected chi connectivity index (χ0v) is 17.8. The quantitative estimate of drug-likeness (QED) is 0.708. The third-order valence-corrected chi connectivity index (χ3v) is 5.18. The van der Waals surface area contributed by atoms with Gasteiger partial charge < -0.3 is 15.0 Å². The number of carbonyl (C=O) groups is 1. The van der Waals surface area contributed by atoms with E-state index < -0.39 is 0 Å². The maximum Gasteiger partial charge on any atom is 0.234 e. The lowest BCUT2D eigenvalue weighted by molar-refractivity contribution is -0.123. The van der Waals surface area contributed by atoms with Crippen molar-refractivity contribution < 1.29 is 9.53 Å². The minimum atomic E-state index is 0. The predicted octanol–water partition coefficient (Wildman–Crippen LogP) is 2.14. The second-order valence-corrected chi connectivity index (χ2v) is 7.41. The van der Waals surface area contributed by atoms with Crippen LogP contribution in [0.4, 0.5) is 5.13 Å². The molecule has 0 radical (unpaired) electrons. The van der Waals surface area contributed by atoms with Crippen LogP contribution in [0.15, 0.2) is 11.6 Å². The Morgan fingerprint density at radius 1 is 1.48 bits per heavy atom. The number of likely N-dealkylation sites (N-methyl/N-ethyl adjacent to an activating group) is 1. The first-order valence-corrected chi connectivity index (χ1v) is 9.00. The van der Waals surface area contributed by atoms with Gasteiger partial charge in [0.1, 0.15) is 0 Å². The number of thiazole rings is 1. The molecule has 2 atom stereocenters. The molecule has 1 aliphatic rings. The van der Waals surface area contributed by atoms with Gasteiger partial charge in [-0.25, -0.2) is 4.98 Å². The number of anilines is 1. The molecule has 1 aromatic heterocycles. The maximum atomic E-state index is 12.3. The largest absolute Gasteiger partial charge is 0.383 e. The molecule has 9 heteroatoms. The number of aromatic nitrogens is 1. The van der Waals surface area contributed by atoms with E-state index in [1.807, 2.05) is 23.5 Å². The van der Waals surface area contributed by atoms with E-state index in [4.69, 9.17) is 4.74 Å². The molecule has 1 aromatic rings. The highest BCUT2D eigenvalue weighted by Gasteiger charge is 2.36. The number of hydrogen-bond acceptors (Lipinski definition) is 6. The molecule has 2 heterocycles. The lowest BCUT2D eigenvalue weighted by atomic mass is 9.91. The number of ether oxygens (including phenoxy) is 1. The molecule has 0 bridgehead atoms. The van der Waals surface area contributed by atoms with E-state index in [-0.39, 0.29) is 36.8 Å². The number of nitrogens with zero attached hydrogens (tertiary/aromatic N) is 3. The highest BCUT2D eigenvalue weighted by atomic mass is 35.5. The summed E-state index contributed by atoms with van der Waals surface area (Å²) in [4.78, 5) is 21.0. The number of halogens is 2. The highest BCUT2D eigenvalue weighted by molar-refractivity contribution is 7.13. The zero-order valence-electron chi connectivity index (χ0n) is 15.3. The molecule has 1 saturated heterocycles. The van der Waals surface area contributed by atoms with Crippen LogP contribution in [0, 0.1) is 11.8 Å². The van der Waals surface area contributed by atoms with E-state index in [2.05, 4.69) is 29.0 Å². The van der Waals surface area contributed by atoms with E-state index in [0.29, 0.717) is 25.0 Å². The highest BCUT2D eigenvalue weighted by Crippen LogP contribution is 2.29. The Bertz CT molecular complexity index is 490. The summed E-state index contributed by atoms with van der Waals surface area (Å²) in [7, 11) is 3.61. The standard InChI is InChI=1S/C16H28N4O2S.2ClH/c1-12(2)13-9-20(16-17-5-8-23-16)10-14(13)18-15(21)11-19(3)6-7-22-4;;/h5,8,12-14H,6-7,9-11H2,1-4H3,(H,18,21);2*1H/t13-,14+;;/m1../s1. The lowest BCUT2D eigenvalue weighted by Gasteiger charge is -2.24. The molecule has 146 valence electrons. The van der Waals surface area contributed by atoms with Crippen molar-refractivity contribution in [2.45, 2.75) is 19.9 Å². The molecule has 0 aliphatic carbocycles. The van der Waals surface area contributed by atoms with Crippen molar-refractivity contribution in [1.82, 2.24) is 15.2 Å². The molecule has 0 aromatic carbocycles. The Kier molecular flexibility index (Phi) is 11.6. The van der Waals surface area contributed by atoms with Gasteiger partial charge in [-0.2, -0.15) is 0 Å². The Labute approximate surface area is 167 Å². The van der Waals surface area contributed by atoms with E-state index in [0.717, 1.165) is 24.8 Å². The number of nitrogens with one attached hydrogen (secondary N) is 1. The summed E-state index contributed by atoms with van der Waals surface area (Å²) in [6.07, 6.45) is 1.83. The molecule has 0 unspecified atom stereocenters. The van der Waals surface area contributed by atoms with Crippen molar-refractivity contribution in [3.8, 4) is 0 Å². The molecule has 25 heavy (non-hydrogen) atoms. The Morgan fingerprint density at radius 3 is 2.76 bits per heavy atom. The Morgan fingerprint density at radius 2 is 2.20 bits per heavy atom. The van der Waals surface area contributed by atoms with Gasteiger partial charge in [0.05, 0.1) is 19.2 Å². The van der Waals surface area contributed by atoms with Gasteiger partial charge in [0, 0.05) is 44.2 Å². The first kappa shape index (κ1) is 24.4. The number of methoxy groups -OCH3 is 1. The summed E-state index contributed by atoms with van der Waals surface area (Å²) in [5.41, 5.74) is 0. The van der Waals surface area contributed by atoms with Crippen molar-refractivity contribution in [3.05, 3.63) is 11.6 Å². The van der Waals surface area contributed by atoms with Crippen LogP contribution in [-0.2, 0) is 9.53 Å². The lowest BCUT2D eigenvalue weighted by Crippen LogP contribution is -2.46. The average molecular weight is 413 g/mol. The minimum Gasteiger partial charge on any atom is -0.383 e. The number of carbonyl (C=O) groups excluding carboxylic acids is 1. The van der Waals surface area contributed by atoms with Crippen LogP contribution in [0.2, 0.25) is 0 Å². The van der Waals surface area contributed by atoms with Gasteiger partial charge in [-0.3, -0.25) is 9.69 Å². The maximum absolute atomic E-state index is 12.3. The molecule has 0 spiro atoms. The van der Waals surface area contributed by atoms with Crippen LogP contribution in [0.1, 0.15) is 13.8 Å². The van der Waals surface area contributed by atoms with Crippen LogP contribution < -0.4 is 10.2 Å². The van der Waals surface area contributed by atoms with E-state index >= 15 is 0 Å². The summed E-state index contributed by atoms with van der Waals surface area (Å²) < 4.78 is 5.05. The summed E-state index contributed by atoms with van der Waals surface area (Å²) in [6.45, 7) is 8.04. The Balaban J connectivity index is 0.00000288. The second-order valence-electron chi connectivity index (χ2n) is 6.53. The fraction of sp³-hybridized carbons (Fsp3) is 0.750. The fourth-order valence-corrected chi connectivity index (χ4v) is 3.67. The van der Waals surface area contributed by atoms with Gasteiger partial charge in [0.25, 0.3) is 0 Å². The fourth-order valence-electron chi connectivity index (χ4n) is 3.01. The molecule has 2 rings (SSSR count). The monoisotopic (exact) mass is 412 g/mol. The third kappa shape index (κ3) is 7.27. The molecular weight excluding hydrogens is 383 g/mol. The van der Waals surface area contributed by atoms with Crippen LogP contribution in [0.25, 0.3) is 0 Å². The summed E-state index contributed by atoms with van der Waals surface area (Å²) >= 11 is 1.65. The molecule has 1 aliphatic heterocycles. The predicted molar refractivity (Wildman–Crippen MR) is 108 cm³/mol. The summed E-state index contributed by atoms with van der Waals surface area (Å²) in [5.74, 6) is 1.06. The number of amides is 1. The molecule has 6 nitrogen and oxygen atoms in total. The third-order valence-electron chi connectivity index (χ3n) is 4.35. The Hall–Kier alpha value is -0.600. The zero-order chi connectivity index (χ0) is 16.8.